The molecule has 18 heteroatoms. The topological polar surface area (TPSA) is 251 Å². The second-order valence-corrected chi connectivity index (χ2v) is 13.4. The molecule has 0 aromatic heterocycles. The van der Waals surface area contributed by atoms with E-state index < -0.39 is 60.4 Å². The molecule has 0 radical (unpaired) electrons. The number of aliphatic hydroxyl groups is 2. The largest absolute Gasteiger partial charge is 0.507 e. The summed E-state index contributed by atoms with van der Waals surface area (Å²) in [4.78, 5) is 53.9. The number of benzene rings is 1. The zero-order valence-electron chi connectivity index (χ0n) is 30.6. The van der Waals surface area contributed by atoms with E-state index in [-0.39, 0.29) is 67.7 Å². The van der Waals surface area contributed by atoms with Crippen LogP contribution in [-0.4, -0.2) is 127 Å². The minimum absolute atomic E-state index is 0. The first-order chi connectivity index (χ1) is 25.3. The number of phenols is 1. The number of para-hydroxylation sites is 1. The molecule has 1 aromatic carbocycles. The molecule has 1 saturated heterocycles. The van der Waals surface area contributed by atoms with Crippen LogP contribution in [0.2, 0.25) is 0 Å². The summed E-state index contributed by atoms with van der Waals surface area (Å²) in [6.45, 7) is 1.70. The van der Waals surface area contributed by atoms with Crippen LogP contribution in [0.1, 0.15) is 96.0 Å². The summed E-state index contributed by atoms with van der Waals surface area (Å²) in [5.74, 6) is -2.74. The third kappa shape index (κ3) is 16.4. The van der Waals surface area contributed by atoms with Crippen LogP contribution >= 0.6 is 0 Å². The van der Waals surface area contributed by atoms with Gasteiger partial charge in [0.1, 0.15) is 37.0 Å². The van der Waals surface area contributed by atoms with Gasteiger partial charge in [-0.2, -0.15) is 5.06 Å². The van der Waals surface area contributed by atoms with Gasteiger partial charge < -0.3 is 40.4 Å². The van der Waals surface area contributed by atoms with Crippen molar-refractivity contribution in [3.8, 4) is 5.75 Å². The Balaban J connectivity index is 0.0000101. The van der Waals surface area contributed by atoms with Crippen molar-refractivity contribution in [2.45, 2.75) is 127 Å². The van der Waals surface area contributed by atoms with Crippen molar-refractivity contribution in [1.29, 1.82) is 0 Å². The van der Waals surface area contributed by atoms with Crippen LogP contribution in [0.25, 0.3) is 0 Å². The van der Waals surface area contributed by atoms with Crippen LogP contribution in [-0.2, 0) is 45.7 Å². The Morgan fingerprint density at radius 3 is 2.59 bits per heavy atom. The molecular weight excluding hydrogens is 750 g/mol. The van der Waals surface area contributed by atoms with Crippen molar-refractivity contribution >= 4 is 29.7 Å². The number of rotatable bonds is 23. The van der Waals surface area contributed by atoms with Gasteiger partial charge in [-0.1, -0.05) is 31.1 Å². The Morgan fingerprint density at radius 2 is 1.85 bits per heavy atom. The number of carbonyl (C=O) groups is 4. The van der Waals surface area contributed by atoms with Gasteiger partial charge in [0.2, 0.25) is 11.8 Å². The molecule has 17 nitrogen and oxygen atoms in total. The number of aliphatic imine (C=N–C) groups is 1. The van der Waals surface area contributed by atoms with E-state index in [9.17, 15) is 44.9 Å². The number of aliphatic hydroxyl groups excluding tert-OH is 2. The Bertz CT molecular complexity index is 1400. The molecule has 2 aliphatic rings. The second kappa shape index (κ2) is 24.7. The van der Waals surface area contributed by atoms with E-state index in [1.54, 1.807) is 31.2 Å². The van der Waals surface area contributed by atoms with Crippen molar-refractivity contribution in [2.24, 2.45) is 4.99 Å². The summed E-state index contributed by atoms with van der Waals surface area (Å²) in [7, 11) is 0. The van der Waals surface area contributed by atoms with E-state index in [4.69, 9.17) is 14.6 Å². The van der Waals surface area contributed by atoms with Gasteiger partial charge in [0.15, 0.2) is 6.04 Å². The molecule has 1 fully saturated rings. The molecule has 2 amide bonds. The van der Waals surface area contributed by atoms with E-state index in [0.717, 1.165) is 24.3 Å². The molecule has 304 valence electrons. The number of aromatic hydroxyl groups is 1. The van der Waals surface area contributed by atoms with Gasteiger partial charge in [-0.25, -0.2) is 14.9 Å². The normalized spacial score (nSPS) is 19.6. The summed E-state index contributed by atoms with van der Waals surface area (Å²) in [6, 6.07) is 3.42. The van der Waals surface area contributed by atoms with Crippen LogP contribution in [0.15, 0.2) is 41.4 Å². The number of carboxylic acids is 1. The summed E-state index contributed by atoms with van der Waals surface area (Å²) < 4.78 is 11.1. The predicted molar refractivity (Wildman–Crippen MR) is 190 cm³/mol. The van der Waals surface area contributed by atoms with Crippen LogP contribution in [0.3, 0.4) is 0 Å². The molecule has 0 bridgehead atoms. The first-order valence-corrected chi connectivity index (χ1v) is 18.3. The van der Waals surface area contributed by atoms with Crippen molar-refractivity contribution in [3.63, 3.8) is 0 Å². The number of hydroxylamine groups is 4. The molecule has 2 aliphatic heterocycles. The second-order valence-electron chi connectivity index (χ2n) is 13.4. The van der Waals surface area contributed by atoms with Gasteiger partial charge >= 0.3 is 11.9 Å². The minimum Gasteiger partial charge on any atom is -0.507 e. The molecule has 8 N–H and O–H groups in total. The Labute approximate surface area is 325 Å². The number of unbranched alkanes of at least 4 members (excludes halogenated alkanes) is 5. The molecule has 0 spiro atoms. The quantitative estimate of drug-likeness (QED) is 0.0150. The van der Waals surface area contributed by atoms with Crippen LogP contribution in [0.4, 0.5) is 0 Å². The molecule has 0 aliphatic carbocycles. The maximum absolute atomic E-state index is 13.4. The number of amides is 2. The van der Waals surface area contributed by atoms with Crippen LogP contribution < -0.4 is 10.6 Å². The Kier molecular flexibility index (Phi) is 21.3. The maximum atomic E-state index is 13.4. The average Bonchev–Trinajstić information content (AvgIpc) is 3.55. The van der Waals surface area contributed by atoms with E-state index in [1.165, 1.54) is 12.1 Å². The first kappa shape index (κ1) is 46.5. The summed E-state index contributed by atoms with van der Waals surface area (Å²) in [5, 5.41) is 66.7. The number of aliphatic carboxylic acids is 1. The maximum Gasteiger partial charge on any atom is 0.328 e. The number of hydrogen-bond donors (Lipinski definition) is 8. The van der Waals surface area contributed by atoms with Gasteiger partial charge in [-0.15, -0.1) is 0 Å². The van der Waals surface area contributed by atoms with Gasteiger partial charge in [-0.3, -0.25) is 24.9 Å². The number of phenolic OH excluding ortho intramolecular Hbond substituents is 1. The molecule has 6 atom stereocenters. The molecule has 2 heterocycles. The standard InChI is InChI=1S/C36H55N5O12.Fe/c1-24(22-30(43)37-26-15-10-13-21-41(51)35(26)48)53-36(49)27(38-33(47)28-23-52-34(39-28)25-14-8-9-17-29(25)42)16-11-12-20-40(50)31(44)18-6-4-2-3-5-7-19-32(45)46;/h6,8-9,14,17-18,24,26-28,30-31,37,42-44,50-51H,2-5,7,10-13,15-16,19-23H2,1H3,(H,38,47)(H,45,46);/b18-6+;/t24-,26+,27-,28+,30-,31-;/m0./s1. The summed E-state index contributed by atoms with van der Waals surface area (Å²) in [6.07, 6.45) is 6.19. The van der Waals surface area contributed by atoms with E-state index >= 15 is 0 Å². The first-order valence-electron chi connectivity index (χ1n) is 18.3. The fraction of sp³-hybridized carbons (Fsp3) is 0.639. The monoisotopic (exact) mass is 805 g/mol. The van der Waals surface area contributed by atoms with E-state index in [2.05, 4.69) is 15.6 Å². The number of allylic oxidation sites excluding steroid dienone is 1. The predicted octanol–water partition coefficient (Wildman–Crippen LogP) is 2.18. The molecule has 3 rings (SSSR count). The van der Waals surface area contributed by atoms with E-state index in [0.29, 0.717) is 55.6 Å². The third-order valence-corrected chi connectivity index (χ3v) is 8.88. The van der Waals surface area contributed by atoms with Gasteiger partial charge in [0, 0.05) is 43.0 Å². The fourth-order valence-electron chi connectivity index (χ4n) is 5.91. The number of carbonyl (C=O) groups excluding carboxylic acids is 3. The number of carboxylic acid groups (broad SMARTS) is 1. The zero-order valence-corrected chi connectivity index (χ0v) is 31.7. The molecule has 0 unspecified atom stereocenters. The van der Waals surface area contributed by atoms with Crippen LogP contribution in [0, 0.1) is 0 Å². The summed E-state index contributed by atoms with van der Waals surface area (Å²) >= 11 is 0. The molecule has 0 saturated carbocycles. The number of ether oxygens (including phenoxy) is 2. The molecular formula is C36H55FeN5O12. The van der Waals surface area contributed by atoms with Crippen LogP contribution in [0.5, 0.6) is 5.75 Å². The van der Waals surface area contributed by atoms with Crippen molar-refractivity contribution in [2.75, 3.05) is 19.7 Å². The fourth-order valence-corrected chi connectivity index (χ4v) is 5.91. The van der Waals surface area contributed by atoms with Gasteiger partial charge in [0.25, 0.3) is 5.91 Å². The Morgan fingerprint density at radius 1 is 1.11 bits per heavy atom. The number of esters is 1. The SMILES string of the molecule is C[C@@H](C[C@H](O)N[C@@H]1CCCCN(O)C1=O)OC(=O)[C@H](CCCCN(O)[C@@H](O)/C=C/CCCCCCC(=O)O)NC(=O)[C@H]1COC(c2ccccc2O)=N1.[Fe]. The van der Waals surface area contributed by atoms with Crippen molar-refractivity contribution in [1.82, 2.24) is 20.8 Å². The van der Waals surface area contributed by atoms with Crippen molar-refractivity contribution in [3.05, 3.63) is 42.0 Å². The summed E-state index contributed by atoms with van der Waals surface area (Å²) in [5.41, 5.74) is 0.315. The van der Waals surface area contributed by atoms with E-state index in [1.807, 2.05) is 0 Å². The smallest absolute Gasteiger partial charge is 0.328 e. The number of nitrogens with one attached hydrogen (secondary N) is 2. The molecule has 54 heavy (non-hydrogen) atoms. The number of nitrogens with zero attached hydrogens (tertiary/aromatic N) is 3. The third-order valence-electron chi connectivity index (χ3n) is 8.88. The van der Waals surface area contributed by atoms with Gasteiger partial charge in [-0.05, 0) is 82.9 Å². The Hall–Kier alpha value is -3.61. The van der Waals surface area contributed by atoms with Crippen molar-refractivity contribution < 1.29 is 76.6 Å². The van der Waals surface area contributed by atoms with Gasteiger partial charge in [0.05, 0.1) is 11.6 Å². The average molecular weight is 806 g/mol. The number of hydrogen-bond acceptors (Lipinski definition) is 14. The zero-order chi connectivity index (χ0) is 38.8. The molecule has 1 aromatic rings. The minimum atomic E-state index is -1.25.